The van der Waals surface area contributed by atoms with Gasteiger partial charge in [-0.25, -0.2) is 5.84 Å². The maximum Gasteiger partial charge on any atom is 0.0550 e. The average Bonchev–Trinajstić information content (AvgIpc) is 2.32. The normalized spacial score (nSPS) is 15.3. The molecule has 0 aliphatic carbocycles. The van der Waals surface area contributed by atoms with Crippen molar-refractivity contribution in [2.75, 3.05) is 11.6 Å². The highest BCUT2D eigenvalue weighted by molar-refractivity contribution is 9.10. The fraction of sp³-hybridized carbons (Fsp3) is 0.250. The molecule has 1 aromatic rings. The van der Waals surface area contributed by atoms with E-state index in [1.54, 1.807) is 5.01 Å². The second kappa shape index (κ2) is 2.50. The molecule has 0 saturated heterocycles. The zero-order valence-electron chi connectivity index (χ0n) is 6.05. The molecule has 0 radical (unpaired) electrons. The molecule has 0 saturated carbocycles. The number of halogens is 1. The van der Waals surface area contributed by atoms with Crippen LogP contribution in [0.1, 0.15) is 5.56 Å². The number of hydrogen-bond acceptors (Lipinski definition) is 2. The van der Waals surface area contributed by atoms with Crippen LogP contribution in [0.3, 0.4) is 0 Å². The fourth-order valence-electron chi connectivity index (χ4n) is 1.40. The van der Waals surface area contributed by atoms with Gasteiger partial charge in [-0.15, -0.1) is 0 Å². The van der Waals surface area contributed by atoms with Crippen molar-refractivity contribution < 1.29 is 0 Å². The standard InChI is InChI=1S/C8H9BrN2/c9-7-1-2-8-6(5-7)3-4-11(8)10/h1-2,5H,3-4,10H2. The number of hydrazine groups is 1. The van der Waals surface area contributed by atoms with Crippen LogP contribution < -0.4 is 10.9 Å². The van der Waals surface area contributed by atoms with Crippen molar-refractivity contribution in [3.63, 3.8) is 0 Å². The SMILES string of the molecule is NN1CCc2cc(Br)ccc21. The first-order chi connectivity index (χ1) is 5.27. The smallest absolute Gasteiger partial charge is 0.0550 e. The van der Waals surface area contributed by atoms with Gasteiger partial charge in [0.05, 0.1) is 5.69 Å². The van der Waals surface area contributed by atoms with Crippen molar-refractivity contribution in [3.8, 4) is 0 Å². The van der Waals surface area contributed by atoms with Crippen molar-refractivity contribution in [2.45, 2.75) is 6.42 Å². The molecule has 2 rings (SSSR count). The number of fused-ring (bicyclic) bond motifs is 1. The van der Waals surface area contributed by atoms with Gasteiger partial charge in [-0.3, -0.25) is 0 Å². The van der Waals surface area contributed by atoms with Gasteiger partial charge >= 0.3 is 0 Å². The lowest BCUT2D eigenvalue weighted by atomic mass is 10.2. The summed E-state index contributed by atoms with van der Waals surface area (Å²) in [5.74, 6) is 5.71. The molecular weight excluding hydrogens is 204 g/mol. The molecule has 0 unspecified atom stereocenters. The molecule has 1 heterocycles. The second-order valence-corrected chi connectivity index (χ2v) is 3.63. The van der Waals surface area contributed by atoms with E-state index >= 15 is 0 Å². The summed E-state index contributed by atoms with van der Waals surface area (Å²) in [5.41, 5.74) is 2.50. The Labute approximate surface area is 74.1 Å². The summed E-state index contributed by atoms with van der Waals surface area (Å²) in [7, 11) is 0. The Kier molecular flexibility index (Phi) is 1.62. The maximum absolute atomic E-state index is 5.71. The first-order valence-electron chi connectivity index (χ1n) is 3.58. The molecule has 0 aromatic heterocycles. The first-order valence-corrected chi connectivity index (χ1v) is 4.37. The lowest BCUT2D eigenvalue weighted by Crippen LogP contribution is -2.27. The molecule has 0 atom stereocenters. The molecule has 1 aliphatic rings. The predicted octanol–water partition coefficient (Wildman–Crippen LogP) is 1.69. The third-order valence-corrected chi connectivity index (χ3v) is 2.47. The third-order valence-electron chi connectivity index (χ3n) is 1.97. The van der Waals surface area contributed by atoms with Gasteiger partial charge < -0.3 is 5.01 Å². The minimum Gasteiger partial charge on any atom is -0.310 e. The zero-order valence-corrected chi connectivity index (χ0v) is 7.63. The van der Waals surface area contributed by atoms with E-state index in [-0.39, 0.29) is 0 Å². The summed E-state index contributed by atoms with van der Waals surface area (Å²) < 4.78 is 1.13. The van der Waals surface area contributed by atoms with Crippen LogP contribution in [0.25, 0.3) is 0 Å². The van der Waals surface area contributed by atoms with Crippen LogP contribution in [0.15, 0.2) is 22.7 Å². The Balaban J connectivity index is 2.50. The lowest BCUT2D eigenvalue weighted by molar-refractivity contribution is 0.891. The van der Waals surface area contributed by atoms with Crippen molar-refractivity contribution in [2.24, 2.45) is 5.84 Å². The monoisotopic (exact) mass is 212 g/mol. The largest absolute Gasteiger partial charge is 0.310 e. The molecule has 58 valence electrons. The number of nitrogens with zero attached hydrogens (tertiary/aromatic N) is 1. The van der Waals surface area contributed by atoms with E-state index < -0.39 is 0 Å². The molecule has 0 fully saturated rings. The Morgan fingerprint density at radius 1 is 1.45 bits per heavy atom. The zero-order chi connectivity index (χ0) is 7.84. The highest BCUT2D eigenvalue weighted by Gasteiger charge is 2.15. The summed E-state index contributed by atoms with van der Waals surface area (Å²) >= 11 is 3.43. The summed E-state index contributed by atoms with van der Waals surface area (Å²) in [6, 6.07) is 6.19. The van der Waals surface area contributed by atoms with Gasteiger partial charge in [-0.1, -0.05) is 15.9 Å². The minimum absolute atomic E-state index is 0.936. The predicted molar refractivity (Wildman–Crippen MR) is 49.4 cm³/mol. The Bertz CT molecular complexity index is 285. The van der Waals surface area contributed by atoms with Crippen LogP contribution in [0.4, 0.5) is 5.69 Å². The molecule has 2 N–H and O–H groups in total. The molecule has 0 amide bonds. The molecule has 0 spiro atoms. The number of hydrogen-bond donors (Lipinski definition) is 1. The molecule has 1 aromatic carbocycles. The van der Waals surface area contributed by atoms with E-state index in [2.05, 4.69) is 22.0 Å². The highest BCUT2D eigenvalue weighted by atomic mass is 79.9. The number of nitrogens with two attached hydrogens (primary N) is 1. The first kappa shape index (κ1) is 7.13. The molecule has 1 aliphatic heterocycles. The van der Waals surface area contributed by atoms with E-state index in [0.717, 1.165) is 23.1 Å². The van der Waals surface area contributed by atoms with Gasteiger partial charge in [0.15, 0.2) is 0 Å². The van der Waals surface area contributed by atoms with Crippen molar-refractivity contribution in [1.82, 2.24) is 0 Å². The minimum atomic E-state index is 0.936. The Hall–Kier alpha value is -0.540. The molecule has 3 heteroatoms. The average molecular weight is 213 g/mol. The van der Waals surface area contributed by atoms with E-state index in [1.807, 2.05) is 12.1 Å². The molecule has 0 bridgehead atoms. The summed E-state index contributed by atoms with van der Waals surface area (Å²) in [5, 5.41) is 1.79. The van der Waals surface area contributed by atoms with Crippen LogP contribution in [0.5, 0.6) is 0 Å². The Morgan fingerprint density at radius 2 is 2.27 bits per heavy atom. The summed E-state index contributed by atoms with van der Waals surface area (Å²) in [4.78, 5) is 0. The topological polar surface area (TPSA) is 29.3 Å². The van der Waals surface area contributed by atoms with Crippen LogP contribution >= 0.6 is 15.9 Å². The van der Waals surface area contributed by atoms with Gasteiger partial charge in [0, 0.05) is 11.0 Å². The van der Waals surface area contributed by atoms with E-state index in [1.165, 1.54) is 5.56 Å². The van der Waals surface area contributed by atoms with Crippen molar-refractivity contribution in [1.29, 1.82) is 0 Å². The van der Waals surface area contributed by atoms with Gasteiger partial charge in [0.2, 0.25) is 0 Å². The van der Waals surface area contributed by atoms with E-state index in [4.69, 9.17) is 5.84 Å². The molecule has 11 heavy (non-hydrogen) atoms. The quantitative estimate of drug-likeness (QED) is 0.664. The third kappa shape index (κ3) is 1.14. The highest BCUT2D eigenvalue weighted by Crippen LogP contribution is 2.27. The fourth-order valence-corrected chi connectivity index (χ4v) is 1.80. The summed E-state index contributed by atoms with van der Waals surface area (Å²) in [6.45, 7) is 0.936. The van der Waals surface area contributed by atoms with Gasteiger partial charge in [-0.05, 0) is 30.2 Å². The Morgan fingerprint density at radius 3 is 3.09 bits per heavy atom. The van der Waals surface area contributed by atoms with E-state index in [0.29, 0.717) is 0 Å². The molecular formula is C8H9BrN2. The number of anilines is 1. The maximum atomic E-state index is 5.71. The van der Waals surface area contributed by atoms with Crippen LogP contribution in [0, 0.1) is 0 Å². The van der Waals surface area contributed by atoms with Crippen molar-refractivity contribution >= 4 is 21.6 Å². The summed E-state index contributed by atoms with van der Waals surface area (Å²) in [6.07, 6.45) is 1.06. The van der Waals surface area contributed by atoms with E-state index in [9.17, 15) is 0 Å². The molecule has 2 nitrogen and oxygen atoms in total. The van der Waals surface area contributed by atoms with Crippen LogP contribution in [0.2, 0.25) is 0 Å². The van der Waals surface area contributed by atoms with Gasteiger partial charge in [0.1, 0.15) is 0 Å². The number of rotatable bonds is 0. The van der Waals surface area contributed by atoms with Gasteiger partial charge in [-0.2, -0.15) is 0 Å². The number of benzene rings is 1. The van der Waals surface area contributed by atoms with Gasteiger partial charge in [0.25, 0.3) is 0 Å². The van der Waals surface area contributed by atoms with Crippen molar-refractivity contribution in [3.05, 3.63) is 28.2 Å². The lowest BCUT2D eigenvalue weighted by Gasteiger charge is -2.10. The van der Waals surface area contributed by atoms with Crippen LogP contribution in [-0.2, 0) is 6.42 Å². The van der Waals surface area contributed by atoms with Crippen LogP contribution in [-0.4, -0.2) is 6.54 Å². The second-order valence-electron chi connectivity index (χ2n) is 2.72.